The van der Waals surface area contributed by atoms with Crippen LogP contribution in [0, 0.1) is 0 Å². The molecule has 0 unspecified atom stereocenters. The van der Waals surface area contributed by atoms with Gasteiger partial charge in [0.25, 0.3) is 5.91 Å². The molecule has 1 aromatic carbocycles. The van der Waals surface area contributed by atoms with Crippen LogP contribution in [-0.2, 0) is 9.47 Å². The second-order valence-corrected chi connectivity index (χ2v) is 6.65. The van der Waals surface area contributed by atoms with E-state index < -0.39 is 5.79 Å². The van der Waals surface area contributed by atoms with Crippen LogP contribution in [0.2, 0.25) is 0 Å². The molecule has 142 valence electrons. The van der Waals surface area contributed by atoms with Gasteiger partial charge in [-0.25, -0.2) is 0 Å². The van der Waals surface area contributed by atoms with E-state index in [1.807, 2.05) is 24.3 Å². The van der Waals surface area contributed by atoms with Gasteiger partial charge in [0, 0.05) is 37.8 Å². The predicted molar refractivity (Wildman–Crippen MR) is 101 cm³/mol. The number of carbonyl (C=O) groups is 1. The highest BCUT2D eigenvalue weighted by molar-refractivity contribution is 6.04. The van der Waals surface area contributed by atoms with Gasteiger partial charge in [-0.3, -0.25) is 9.78 Å². The van der Waals surface area contributed by atoms with Crippen LogP contribution in [0.1, 0.15) is 23.3 Å². The molecule has 0 radical (unpaired) electrons. The Morgan fingerprint density at radius 1 is 1.19 bits per heavy atom. The smallest absolute Gasteiger partial charge is 0.274 e. The highest BCUT2D eigenvalue weighted by Crippen LogP contribution is 2.33. The van der Waals surface area contributed by atoms with E-state index in [1.165, 1.54) is 0 Å². The van der Waals surface area contributed by atoms with Crippen LogP contribution >= 0.6 is 0 Å². The second kappa shape index (κ2) is 7.54. The Hall–Kier alpha value is -2.64. The number of aromatic nitrogens is 1. The molecule has 1 N–H and O–H groups in total. The van der Waals surface area contributed by atoms with Crippen molar-refractivity contribution in [3.05, 3.63) is 48.3 Å². The summed E-state index contributed by atoms with van der Waals surface area (Å²) in [6.45, 7) is 2.97. The lowest BCUT2D eigenvalue weighted by molar-refractivity contribution is -0.169. The molecule has 1 spiro atoms. The van der Waals surface area contributed by atoms with Crippen molar-refractivity contribution in [1.82, 2.24) is 4.98 Å². The van der Waals surface area contributed by atoms with Gasteiger partial charge in [0.15, 0.2) is 5.79 Å². The molecule has 1 aromatic heterocycles. The zero-order valence-electron chi connectivity index (χ0n) is 15.3. The molecule has 2 saturated heterocycles. The number of pyridine rings is 1. The minimum Gasteiger partial charge on any atom is -0.495 e. The van der Waals surface area contributed by atoms with Gasteiger partial charge in [-0.1, -0.05) is 12.1 Å². The number of hydrogen-bond acceptors (Lipinski definition) is 6. The standard InChI is InChI=1S/C20H23N3O4/c1-25-18-5-3-2-4-16(18)22-19(24)17-14-15(6-9-21-17)23-10-7-20(8-11-23)26-12-13-27-20/h2-6,9,14H,7-8,10-13H2,1H3,(H,22,24). The van der Waals surface area contributed by atoms with Crippen molar-refractivity contribution in [1.29, 1.82) is 0 Å². The number of hydrogen-bond donors (Lipinski definition) is 1. The van der Waals surface area contributed by atoms with Gasteiger partial charge in [-0.2, -0.15) is 0 Å². The van der Waals surface area contributed by atoms with Crippen LogP contribution < -0.4 is 15.0 Å². The molecule has 4 rings (SSSR count). The fraction of sp³-hybridized carbons (Fsp3) is 0.400. The maximum Gasteiger partial charge on any atom is 0.274 e. The van der Waals surface area contributed by atoms with Crippen LogP contribution in [0.4, 0.5) is 11.4 Å². The number of rotatable bonds is 4. The summed E-state index contributed by atoms with van der Waals surface area (Å²) in [5.41, 5.74) is 1.96. The van der Waals surface area contributed by atoms with Gasteiger partial charge in [0.1, 0.15) is 11.4 Å². The third kappa shape index (κ3) is 3.74. The van der Waals surface area contributed by atoms with E-state index in [-0.39, 0.29) is 5.91 Å². The Morgan fingerprint density at radius 3 is 2.67 bits per heavy atom. The third-order valence-corrected chi connectivity index (χ3v) is 5.04. The van der Waals surface area contributed by atoms with E-state index in [1.54, 1.807) is 25.4 Å². The molecule has 2 aliphatic heterocycles. The number of para-hydroxylation sites is 2. The monoisotopic (exact) mass is 369 g/mol. The maximum absolute atomic E-state index is 12.6. The Balaban J connectivity index is 1.45. The number of nitrogens with one attached hydrogen (secondary N) is 1. The van der Waals surface area contributed by atoms with Crippen LogP contribution in [0.3, 0.4) is 0 Å². The summed E-state index contributed by atoms with van der Waals surface area (Å²) >= 11 is 0. The van der Waals surface area contributed by atoms with E-state index in [0.29, 0.717) is 30.3 Å². The first-order valence-electron chi connectivity index (χ1n) is 9.12. The lowest BCUT2D eigenvalue weighted by Gasteiger charge is -2.38. The maximum atomic E-state index is 12.6. The minimum atomic E-state index is -0.409. The summed E-state index contributed by atoms with van der Waals surface area (Å²) in [7, 11) is 1.57. The number of amides is 1. The fourth-order valence-electron chi connectivity index (χ4n) is 3.57. The van der Waals surface area contributed by atoms with Crippen LogP contribution in [0.25, 0.3) is 0 Å². The summed E-state index contributed by atoms with van der Waals surface area (Å²) in [4.78, 5) is 19.1. The molecule has 2 fully saturated rings. The number of nitrogens with zero attached hydrogens (tertiary/aromatic N) is 2. The van der Waals surface area contributed by atoms with Crippen molar-refractivity contribution >= 4 is 17.3 Å². The molecule has 7 nitrogen and oxygen atoms in total. The third-order valence-electron chi connectivity index (χ3n) is 5.04. The van der Waals surface area contributed by atoms with Gasteiger partial charge in [0.2, 0.25) is 0 Å². The highest BCUT2D eigenvalue weighted by Gasteiger charge is 2.39. The molecule has 0 bridgehead atoms. The number of piperidine rings is 1. The summed E-state index contributed by atoms with van der Waals surface area (Å²) in [6, 6.07) is 11.0. The quantitative estimate of drug-likeness (QED) is 0.893. The van der Waals surface area contributed by atoms with E-state index in [2.05, 4.69) is 15.2 Å². The molecule has 1 amide bonds. The first-order valence-corrected chi connectivity index (χ1v) is 9.12. The summed E-state index contributed by atoms with van der Waals surface area (Å²) in [5.74, 6) is -0.0645. The van der Waals surface area contributed by atoms with E-state index in [4.69, 9.17) is 14.2 Å². The van der Waals surface area contributed by atoms with Crippen LogP contribution in [-0.4, -0.2) is 50.1 Å². The van der Waals surface area contributed by atoms with Crippen molar-refractivity contribution in [2.45, 2.75) is 18.6 Å². The van der Waals surface area contributed by atoms with Crippen molar-refractivity contribution < 1.29 is 19.0 Å². The van der Waals surface area contributed by atoms with Crippen LogP contribution in [0.15, 0.2) is 42.6 Å². The molecular formula is C20H23N3O4. The molecule has 27 heavy (non-hydrogen) atoms. The summed E-state index contributed by atoms with van der Waals surface area (Å²) < 4.78 is 16.8. The zero-order chi connectivity index (χ0) is 18.7. The van der Waals surface area contributed by atoms with Crippen molar-refractivity contribution in [3.63, 3.8) is 0 Å². The first-order chi connectivity index (χ1) is 13.2. The first kappa shape index (κ1) is 17.8. The van der Waals surface area contributed by atoms with Gasteiger partial charge in [-0.15, -0.1) is 0 Å². The van der Waals surface area contributed by atoms with E-state index in [0.717, 1.165) is 31.6 Å². The molecule has 3 heterocycles. The molecule has 7 heteroatoms. The lowest BCUT2D eigenvalue weighted by Crippen LogP contribution is -2.45. The fourth-order valence-corrected chi connectivity index (χ4v) is 3.57. The highest BCUT2D eigenvalue weighted by atomic mass is 16.7. The molecule has 2 aromatic rings. The number of methoxy groups -OCH3 is 1. The Morgan fingerprint density at radius 2 is 1.93 bits per heavy atom. The Labute approximate surface area is 158 Å². The number of ether oxygens (including phenoxy) is 3. The van der Waals surface area contributed by atoms with Crippen molar-refractivity contribution in [3.8, 4) is 5.75 Å². The van der Waals surface area contributed by atoms with Crippen molar-refractivity contribution in [2.24, 2.45) is 0 Å². The Kier molecular flexibility index (Phi) is 4.96. The summed E-state index contributed by atoms with van der Waals surface area (Å²) in [5, 5.41) is 2.86. The molecule has 0 atom stereocenters. The Bertz CT molecular complexity index is 810. The molecule has 0 aliphatic carbocycles. The normalized spacial score (nSPS) is 18.5. The lowest BCUT2D eigenvalue weighted by atomic mass is 10.0. The van der Waals surface area contributed by atoms with E-state index in [9.17, 15) is 4.79 Å². The molecule has 2 aliphatic rings. The predicted octanol–water partition coefficient (Wildman–Crippen LogP) is 2.69. The van der Waals surface area contributed by atoms with Gasteiger partial charge >= 0.3 is 0 Å². The van der Waals surface area contributed by atoms with Gasteiger partial charge in [0.05, 0.1) is 26.0 Å². The van der Waals surface area contributed by atoms with E-state index >= 15 is 0 Å². The molecular weight excluding hydrogens is 346 g/mol. The topological polar surface area (TPSA) is 72.9 Å². The van der Waals surface area contributed by atoms with Crippen LogP contribution in [0.5, 0.6) is 5.75 Å². The van der Waals surface area contributed by atoms with Crippen molar-refractivity contribution in [2.75, 3.05) is 43.6 Å². The number of carbonyl (C=O) groups excluding carboxylic acids is 1. The number of anilines is 2. The SMILES string of the molecule is COc1ccccc1NC(=O)c1cc(N2CCC3(CC2)OCCO3)ccn1. The average Bonchev–Trinajstić information content (AvgIpc) is 3.17. The van der Waals surface area contributed by atoms with Gasteiger partial charge in [-0.05, 0) is 24.3 Å². The zero-order valence-corrected chi connectivity index (χ0v) is 15.3. The number of benzene rings is 1. The second-order valence-electron chi connectivity index (χ2n) is 6.65. The summed E-state index contributed by atoms with van der Waals surface area (Å²) in [6.07, 6.45) is 3.30. The minimum absolute atomic E-state index is 0.266. The van der Waals surface area contributed by atoms with Gasteiger partial charge < -0.3 is 24.4 Å². The largest absolute Gasteiger partial charge is 0.495 e. The molecule has 0 saturated carbocycles. The average molecular weight is 369 g/mol.